The van der Waals surface area contributed by atoms with Gasteiger partial charge >= 0.3 is 0 Å². The molecule has 1 fully saturated rings. The van der Waals surface area contributed by atoms with Crippen molar-refractivity contribution in [3.8, 4) is 5.75 Å². The van der Waals surface area contributed by atoms with Crippen molar-refractivity contribution in [1.82, 2.24) is 9.97 Å². The number of ether oxygens (including phenoxy) is 1. The minimum Gasteiger partial charge on any atom is -0.490 e. The molecule has 1 aromatic heterocycles. The molecule has 5 N–H and O–H groups in total. The number of nitrogens with two attached hydrogens (primary N) is 1. The van der Waals surface area contributed by atoms with Crippen LogP contribution in [0.5, 0.6) is 5.75 Å². The normalized spacial score (nSPS) is 23.4. The second-order valence-electron chi connectivity index (χ2n) is 3.71. The first kappa shape index (κ1) is 10.9. The number of hydrazine groups is 1. The summed E-state index contributed by atoms with van der Waals surface area (Å²) in [4.78, 5) is 8.01. The molecular weight excluding hydrogens is 210 g/mol. The van der Waals surface area contributed by atoms with Gasteiger partial charge in [0.1, 0.15) is 6.33 Å². The third-order valence-electron chi connectivity index (χ3n) is 2.60. The van der Waals surface area contributed by atoms with Crippen molar-refractivity contribution < 1.29 is 9.84 Å². The molecular formula is C9H15N5O2. The summed E-state index contributed by atoms with van der Waals surface area (Å²) in [6.07, 6.45) is 2.63. The number of nitrogen functional groups attached to an aromatic ring is 1. The molecule has 0 unspecified atom stereocenters. The van der Waals surface area contributed by atoms with Gasteiger partial charge in [0, 0.05) is 6.04 Å². The number of aliphatic hydroxyl groups is 1. The van der Waals surface area contributed by atoms with Gasteiger partial charge < -0.3 is 20.6 Å². The van der Waals surface area contributed by atoms with E-state index in [0.29, 0.717) is 17.4 Å². The van der Waals surface area contributed by atoms with Crippen LogP contribution in [0.1, 0.15) is 12.8 Å². The maximum Gasteiger partial charge on any atom is 0.205 e. The lowest BCUT2D eigenvalue weighted by molar-refractivity contribution is 0.0834. The smallest absolute Gasteiger partial charge is 0.205 e. The lowest BCUT2D eigenvalue weighted by Crippen LogP contribution is -2.39. The van der Waals surface area contributed by atoms with E-state index in [1.54, 1.807) is 0 Å². The van der Waals surface area contributed by atoms with Crippen molar-refractivity contribution in [1.29, 1.82) is 0 Å². The van der Waals surface area contributed by atoms with Gasteiger partial charge in [-0.1, -0.05) is 0 Å². The number of methoxy groups -OCH3 is 1. The second-order valence-corrected chi connectivity index (χ2v) is 3.71. The molecule has 0 saturated heterocycles. The van der Waals surface area contributed by atoms with Crippen LogP contribution in [-0.2, 0) is 0 Å². The van der Waals surface area contributed by atoms with Gasteiger partial charge in [-0.2, -0.15) is 0 Å². The average Bonchev–Trinajstić information content (AvgIpc) is 2.26. The van der Waals surface area contributed by atoms with Crippen molar-refractivity contribution >= 4 is 11.6 Å². The van der Waals surface area contributed by atoms with Gasteiger partial charge in [0.25, 0.3) is 0 Å². The number of aromatic nitrogens is 2. The summed E-state index contributed by atoms with van der Waals surface area (Å²) in [6.45, 7) is 0. The highest BCUT2D eigenvalue weighted by Gasteiger charge is 2.28. The summed E-state index contributed by atoms with van der Waals surface area (Å²) < 4.78 is 5.17. The Bertz CT molecular complexity index is 367. The fraction of sp³-hybridized carbons (Fsp3) is 0.556. The third kappa shape index (κ3) is 2.00. The van der Waals surface area contributed by atoms with Crippen LogP contribution in [-0.4, -0.2) is 34.3 Å². The summed E-state index contributed by atoms with van der Waals surface area (Å²) >= 11 is 0. The van der Waals surface area contributed by atoms with E-state index in [2.05, 4.69) is 20.7 Å². The number of hydrogen-bond acceptors (Lipinski definition) is 7. The molecule has 0 aromatic carbocycles. The minimum atomic E-state index is -0.211. The molecule has 1 saturated carbocycles. The van der Waals surface area contributed by atoms with E-state index in [9.17, 15) is 5.11 Å². The van der Waals surface area contributed by atoms with E-state index in [1.807, 2.05) is 0 Å². The number of aliphatic hydroxyl groups excluding tert-OH is 1. The van der Waals surface area contributed by atoms with E-state index in [0.717, 1.165) is 12.8 Å². The molecule has 0 atom stereocenters. The quantitative estimate of drug-likeness (QED) is 0.412. The van der Waals surface area contributed by atoms with Gasteiger partial charge in [-0.25, -0.2) is 15.8 Å². The molecule has 0 aliphatic heterocycles. The maximum absolute atomic E-state index is 9.19. The van der Waals surface area contributed by atoms with Crippen molar-refractivity contribution in [2.45, 2.75) is 25.0 Å². The Labute approximate surface area is 93.0 Å². The lowest BCUT2D eigenvalue weighted by Gasteiger charge is -2.32. The Hall–Kier alpha value is -1.60. The molecule has 2 rings (SSSR count). The van der Waals surface area contributed by atoms with Crippen LogP contribution < -0.4 is 21.3 Å². The second kappa shape index (κ2) is 4.50. The van der Waals surface area contributed by atoms with Crippen molar-refractivity contribution in [3.63, 3.8) is 0 Å². The molecule has 0 spiro atoms. The molecule has 0 amide bonds. The van der Waals surface area contributed by atoms with Crippen LogP contribution in [0.2, 0.25) is 0 Å². The van der Waals surface area contributed by atoms with E-state index >= 15 is 0 Å². The van der Waals surface area contributed by atoms with Gasteiger partial charge in [-0.3, -0.25) is 0 Å². The fourth-order valence-electron chi connectivity index (χ4n) is 1.67. The van der Waals surface area contributed by atoms with E-state index in [-0.39, 0.29) is 12.1 Å². The molecule has 16 heavy (non-hydrogen) atoms. The first-order valence-electron chi connectivity index (χ1n) is 5.04. The van der Waals surface area contributed by atoms with Crippen LogP contribution in [0.25, 0.3) is 0 Å². The molecule has 0 bridgehead atoms. The number of nitrogens with zero attached hydrogens (tertiary/aromatic N) is 2. The Kier molecular flexibility index (Phi) is 3.07. The molecule has 0 radical (unpaired) electrons. The topological polar surface area (TPSA) is 105 Å². The molecule has 88 valence electrons. The van der Waals surface area contributed by atoms with Gasteiger partial charge in [0.15, 0.2) is 11.6 Å². The van der Waals surface area contributed by atoms with Crippen molar-refractivity contribution in [2.24, 2.45) is 5.84 Å². The minimum absolute atomic E-state index is 0.211. The summed E-state index contributed by atoms with van der Waals surface area (Å²) in [5.41, 5.74) is 2.44. The molecule has 1 aliphatic carbocycles. The largest absolute Gasteiger partial charge is 0.490 e. The molecule has 7 heteroatoms. The van der Waals surface area contributed by atoms with Gasteiger partial charge in [-0.15, -0.1) is 0 Å². The molecule has 1 heterocycles. The summed E-state index contributed by atoms with van der Waals surface area (Å²) in [7, 11) is 1.53. The zero-order chi connectivity index (χ0) is 11.5. The van der Waals surface area contributed by atoms with E-state index in [1.165, 1.54) is 13.4 Å². The standard InChI is InChI=1S/C9H15N5O2/c1-16-7-8(11-4-12-9(7)14-10)13-5-2-6(15)3-5/h4-6,15H,2-3,10H2,1H3,(H2,11,12,13,14). The molecule has 1 aliphatic rings. The van der Waals surface area contributed by atoms with Crippen molar-refractivity contribution in [2.75, 3.05) is 17.9 Å². The predicted molar refractivity (Wildman–Crippen MR) is 59.0 cm³/mol. The monoisotopic (exact) mass is 225 g/mol. The highest BCUT2D eigenvalue weighted by Crippen LogP contribution is 2.31. The first-order valence-corrected chi connectivity index (χ1v) is 5.04. The zero-order valence-corrected chi connectivity index (χ0v) is 8.97. The number of nitrogens with one attached hydrogen (secondary N) is 2. The number of rotatable bonds is 4. The van der Waals surface area contributed by atoms with Crippen LogP contribution in [0.3, 0.4) is 0 Å². The first-order chi connectivity index (χ1) is 7.74. The van der Waals surface area contributed by atoms with Gasteiger partial charge in [-0.05, 0) is 12.8 Å². The fourth-order valence-corrected chi connectivity index (χ4v) is 1.67. The Morgan fingerprint density at radius 2 is 2.12 bits per heavy atom. The summed E-state index contributed by atoms with van der Waals surface area (Å²) in [6, 6.07) is 0.226. The van der Waals surface area contributed by atoms with Crippen LogP contribution in [0.4, 0.5) is 11.6 Å². The van der Waals surface area contributed by atoms with Crippen molar-refractivity contribution in [3.05, 3.63) is 6.33 Å². The van der Waals surface area contributed by atoms with Gasteiger partial charge in [0.2, 0.25) is 5.75 Å². The average molecular weight is 225 g/mol. The maximum atomic E-state index is 9.19. The Balaban J connectivity index is 2.13. The SMILES string of the molecule is COc1c(NN)ncnc1NC1CC(O)C1. The highest BCUT2D eigenvalue weighted by molar-refractivity contribution is 5.63. The van der Waals surface area contributed by atoms with E-state index in [4.69, 9.17) is 10.6 Å². The lowest BCUT2D eigenvalue weighted by atomic mass is 9.89. The Morgan fingerprint density at radius 3 is 2.69 bits per heavy atom. The Morgan fingerprint density at radius 1 is 1.44 bits per heavy atom. The third-order valence-corrected chi connectivity index (χ3v) is 2.60. The molecule has 7 nitrogen and oxygen atoms in total. The number of anilines is 2. The highest BCUT2D eigenvalue weighted by atomic mass is 16.5. The van der Waals surface area contributed by atoms with E-state index < -0.39 is 0 Å². The number of hydrogen-bond donors (Lipinski definition) is 4. The van der Waals surface area contributed by atoms with Crippen LogP contribution >= 0.6 is 0 Å². The summed E-state index contributed by atoms with van der Waals surface area (Å²) in [5.74, 6) is 6.80. The summed E-state index contributed by atoms with van der Waals surface area (Å²) in [5, 5.41) is 12.4. The molecule has 1 aromatic rings. The zero-order valence-electron chi connectivity index (χ0n) is 8.97. The van der Waals surface area contributed by atoms with Crippen LogP contribution in [0.15, 0.2) is 6.33 Å². The van der Waals surface area contributed by atoms with Crippen LogP contribution in [0, 0.1) is 0 Å². The van der Waals surface area contributed by atoms with Gasteiger partial charge in [0.05, 0.1) is 13.2 Å². The predicted octanol–water partition coefficient (Wildman–Crippen LogP) is -0.294.